The second-order valence-corrected chi connectivity index (χ2v) is 5.91. The first-order valence-electron chi connectivity index (χ1n) is 7.51. The van der Waals surface area contributed by atoms with Crippen molar-refractivity contribution in [3.63, 3.8) is 0 Å². The van der Waals surface area contributed by atoms with E-state index in [2.05, 4.69) is 21.6 Å². The summed E-state index contributed by atoms with van der Waals surface area (Å²) in [7, 11) is 1.67. The first kappa shape index (κ1) is 13.4. The van der Waals surface area contributed by atoms with Crippen LogP contribution in [0.5, 0.6) is 0 Å². The molecule has 1 unspecified atom stereocenters. The zero-order valence-electron chi connectivity index (χ0n) is 12.3. The molecule has 1 aliphatic carbocycles. The van der Waals surface area contributed by atoms with Gasteiger partial charge in [0, 0.05) is 43.5 Å². The third kappa shape index (κ3) is 2.66. The summed E-state index contributed by atoms with van der Waals surface area (Å²) < 4.78 is 0. The van der Waals surface area contributed by atoms with Crippen molar-refractivity contribution in [2.75, 3.05) is 25.5 Å². The molecule has 4 heteroatoms. The Morgan fingerprint density at radius 3 is 2.80 bits per heavy atom. The van der Waals surface area contributed by atoms with Crippen LogP contribution in [0, 0.1) is 6.92 Å². The highest BCUT2D eigenvalue weighted by Gasteiger charge is 2.34. The largest absolute Gasteiger partial charge is 0.381 e. The Morgan fingerprint density at radius 1 is 1.30 bits per heavy atom. The number of rotatable bonds is 4. The van der Waals surface area contributed by atoms with Crippen LogP contribution in [-0.4, -0.2) is 43.0 Å². The van der Waals surface area contributed by atoms with Gasteiger partial charge < -0.3 is 10.6 Å². The molecule has 4 nitrogen and oxygen atoms in total. The second-order valence-electron chi connectivity index (χ2n) is 5.91. The van der Waals surface area contributed by atoms with Crippen LogP contribution in [0.2, 0.25) is 0 Å². The average molecular weight is 273 g/mol. The summed E-state index contributed by atoms with van der Waals surface area (Å²) in [5, 5.41) is 6.32. The minimum atomic E-state index is -0.0165. The maximum atomic E-state index is 11.8. The molecule has 0 aromatic heterocycles. The Morgan fingerprint density at radius 2 is 2.10 bits per heavy atom. The lowest BCUT2D eigenvalue weighted by Crippen LogP contribution is -2.28. The Hall–Kier alpha value is -1.55. The molecule has 1 saturated carbocycles. The van der Waals surface area contributed by atoms with Gasteiger partial charge in [-0.15, -0.1) is 0 Å². The van der Waals surface area contributed by atoms with Crippen LogP contribution in [0.3, 0.4) is 0 Å². The fourth-order valence-electron chi connectivity index (χ4n) is 3.07. The molecule has 108 valence electrons. The molecule has 2 N–H and O–H groups in total. The fourth-order valence-corrected chi connectivity index (χ4v) is 3.07. The molecule has 2 aliphatic rings. The van der Waals surface area contributed by atoms with Gasteiger partial charge in [-0.05, 0) is 43.9 Å². The number of nitrogens with one attached hydrogen (secondary N) is 2. The predicted octanol–water partition coefficient (Wildman–Crippen LogP) is 2.00. The Labute approximate surface area is 120 Å². The van der Waals surface area contributed by atoms with Gasteiger partial charge in [0.15, 0.2) is 0 Å². The molecule has 1 aliphatic heterocycles. The van der Waals surface area contributed by atoms with Crippen molar-refractivity contribution in [1.29, 1.82) is 0 Å². The monoisotopic (exact) mass is 273 g/mol. The maximum Gasteiger partial charge on any atom is 0.251 e. The van der Waals surface area contributed by atoms with E-state index >= 15 is 0 Å². The summed E-state index contributed by atoms with van der Waals surface area (Å²) in [5.41, 5.74) is 2.89. The van der Waals surface area contributed by atoms with Crippen molar-refractivity contribution in [3.8, 4) is 0 Å². The first-order valence-corrected chi connectivity index (χ1v) is 7.51. The third-order valence-electron chi connectivity index (χ3n) is 4.45. The highest BCUT2D eigenvalue weighted by atomic mass is 16.1. The Kier molecular flexibility index (Phi) is 3.66. The lowest BCUT2D eigenvalue weighted by atomic mass is 10.1. The number of amides is 1. The van der Waals surface area contributed by atoms with Crippen LogP contribution in [0.15, 0.2) is 18.2 Å². The molecule has 1 aromatic rings. The SMILES string of the molecule is CNC(=O)c1cccc(NC2CCN(C3CC3)C2)c1C. The van der Waals surface area contributed by atoms with E-state index in [1.807, 2.05) is 19.1 Å². The van der Waals surface area contributed by atoms with Crippen molar-refractivity contribution in [2.45, 2.75) is 38.3 Å². The number of hydrogen-bond donors (Lipinski definition) is 2. The Balaban J connectivity index is 1.69. The highest BCUT2D eigenvalue weighted by molar-refractivity contribution is 5.96. The van der Waals surface area contributed by atoms with Crippen LogP contribution in [0.4, 0.5) is 5.69 Å². The topological polar surface area (TPSA) is 44.4 Å². The number of likely N-dealkylation sites (tertiary alicyclic amines) is 1. The Bertz CT molecular complexity index is 510. The van der Waals surface area contributed by atoms with Gasteiger partial charge >= 0.3 is 0 Å². The van der Waals surface area contributed by atoms with Gasteiger partial charge in [0.25, 0.3) is 5.91 Å². The van der Waals surface area contributed by atoms with Crippen molar-refractivity contribution in [3.05, 3.63) is 29.3 Å². The predicted molar refractivity (Wildman–Crippen MR) is 81.2 cm³/mol. The van der Waals surface area contributed by atoms with Gasteiger partial charge in [0.1, 0.15) is 0 Å². The maximum absolute atomic E-state index is 11.8. The summed E-state index contributed by atoms with van der Waals surface area (Å²) in [4.78, 5) is 14.4. The molecule has 0 radical (unpaired) electrons. The van der Waals surface area contributed by atoms with Crippen LogP contribution in [0.1, 0.15) is 35.2 Å². The molecule has 1 saturated heterocycles. The number of nitrogens with zero attached hydrogens (tertiary/aromatic N) is 1. The smallest absolute Gasteiger partial charge is 0.251 e. The standard InChI is InChI=1S/C16H23N3O/c1-11-14(16(20)17-2)4-3-5-15(11)18-12-8-9-19(10-12)13-6-7-13/h3-5,12-13,18H,6-10H2,1-2H3,(H,17,20). The molecule has 1 heterocycles. The summed E-state index contributed by atoms with van der Waals surface area (Å²) in [6.45, 7) is 4.35. The van der Waals surface area contributed by atoms with Crippen LogP contribution in [0.25, 0.3) is 0 Å². The fraction of sp³-hybridized carbons (Fsp3) is 0.562. The first-order chi connectivity index (χ1) is 9.69. The molecule has 0 bridgehead atoms. The zero-order chi connectivity index (χ0) is 14.1. The molecule has 3 rings (SSSR count). The van der Waals surface area contributed by atoms with E-state index in [0.717, 1.165) is 29.4 Å². The van der Waals surface area contributed by atoms with E-state index in [0.29, 0.717) is 6.04 Å². The van der Waals surface area contributed by atoms with Crippen molar-refractivity contribution in [1.82, 2.24) is 10.2 Å². The molecule has 2 fully saturated rings. The van der Waals surface area contributed by atoms with E-state index in [1.165, 1.54) is 25.8 Å². The van der Waals surface area contributed by atoms with Crippen LogP contribution >= 0.6 is 0 Å². The van der Waals surface area contributed by atoms with Gasteiger partial charge in [-0.1, -0.05) is 6.07 Å². The molecular formula is C16H23N3O. The number of benzene rings is 1. The lowest BCUT2D eigenvalue weighted by molar-refractivity contribution is 0.0962. The highest BCUT2D eigenvalue weighted by Crippen LogP contribution is 2.31. The third-order valence-corrected chi connectivity index (χ3v) is 4.45. The summed E-state index contributed by atoms with van der Waals surface area (Å²) in [6, 6.07) is 7.26. The summed E-state index contributed by atoms with van der Waals surface area (Å²) >= 11 is 0. The minimum absolute atomic E-state index is 0.0165. The quantitative estimate of drug-likeness (QED) is 0.882. The van der Waals surface area contributed by atoms with Crippen LogP contribution in [-0.2, 0) is 0 Å². The van der Waals surface area contributed by atoms with Crippen molar-refractivity contribution < 1.29 is 4.79 Å². The van der Waals surface area contributed by atoms with Crippen molar-refractivity contribution >= 4 is 11.6 Å². The number of hydrogen-bond acceptors (Lipinski definition) is 3. The van der Waals surface area contributed by atoms with Gasteiger partial charge in [-0.2, -0.15) is 0 Å². The van der Waals surface area contributed by atoms with Gasteiger partial charge in [0.2, 0.25) is 0 Å². The lowest BCUT2D eigenvalue weighted by Gasteiger charge is -2.19. The van der Waals surface area contributed by atoms with Gasteiger partial charge in [-0.3, -0.25) is 9.69 Å². The normalized spacial score (nSPS) is 22.8. The van der Waals surface area contributed by atoms with Gasteiger partial charge in [0.05, 0.1) is 0 Å². The van der Waals surface area contributed by atoms with E-state index in [-0.39, 0.29) is 5.91 Å². The molecule has 1 aromatic carbocycles. The van der Waals surface area contributed by atoms with E-state index in [1.54, 1.807) is 7.05 Å². The van der Waals surface area contributed by atoms with E-state index in [4.69, 9.17) is 0 Å². The number of anilines is 1. The van der Waals surface area contributed by atoms with Crippen molar-refractivity contribution in [2.24, 2.45) is 0 Å². The van der Waals surface area contributed by atoms with Gasteiger partial charge in [-0.25, -0.2) is 0 Å². The molecule has 1 atom stereocenters. The number of carbonyl (C=O) groups excluding carboxylic acids is 1. The summed E-state index contributed by atoms with van der Waals surface area (Å²) in [5.74, 6) is -0.0165. The molecule has 0 spiro atoms. The summed E-state index contributed by atoms with van der Waals surface area (Å²) in [6.07, 6.45) is 3.94. The van der Waals surface area contributed by atoms with E-state index in [9.17, 15) is 4.79 Å². The van der Waals surface area contributed by atoms with Crippen LogP contribution < -0.4 is 10.6 Å². The molecule has 20 heavy (non-hydrogen) atoms. The van der Waals surface area contributed by atoms with E-state index < -0.39 is 0 Å². The average Bonchev–Trinajstić information content (AvgIpc) is 3.21. The second kappa shape index (κ2) is 5.44. The molecule has 1 amide bonds. The minimum Gasteiger partial charge on any atom is -0.381 e. The molecular weight excluding hydrogens is 250 g/mol. The number of carbonyl (C=O) groups is 1. The zero-order valence-corrected chi connectivity index (χ0v) is 12.3.